The summed E-state index contributed by atoms with van der Waals surface area (Å²) >= 11 is 0. The van der Waals surface area contributed by atoms with Crippen LogP contribution in [0.1, 0.15) is 43.0 Å². The summed E-state index contributed by atoms with van der Waals surface area (Å²) in [6.45, 7) is 5.79. The minimum Gasteiger partial charge on any atom is -0.348 e. The van der Waals surface area contributed by atoms with E-state index in [1.54, 1.807) is 12.1 Å². The molecule has 0 spiro atoms. The van der Waals surface area contributed by atoms with Crippen LogP contribution in [0, 0.1) is 6.92 Å². The molecule has 146 valence electrons. The number of hydrogen-bond donors (Lipinski definition) is 1. The van der Waals surface area contributed by atoms with Crippen molar-refractivity contribution in [1.29, 1.82) is 0 Å². The van der Waals surface area contributed by atoms with Gasteiger partial charge in [0.15, 0.2) is 0 Å². The largest absolute Gasteiger partial charge is 0.348 e. The molecule has 0 aromatic heterocycles. The minimum absolute atomic E-state index is 0.151. The molecule has 2 rings (SSSR count). The highest BCUT2D eigenvalue weighted by atomic mass is 32.2. The van der Waals surface area contributed by atoms with Gasteiger partial charge in [-0.15, -0.1) is 0 Å². The number of aryl methyl sites for hydroxylation is 2. The maximum absolute atomic E-state index is 12.6. The first kappa shape index (κ1) is 21.0. The van der Waals surface area contributed by atoms with Gasteiger partial charge in [-0.25, -0.2) is 8.42 Å². The molecular formula is C21H28N2O3S. The SMILES string of the molecule is CCc1ccc(N(CC(=O)N[C@@H](CC)c2ccc(C)cc2)S(C)(=O)=O)cc1. The Labute approximate surface area is 162 Å². The Kier molecular flexibility index (Phi) is 7.02. The van der Waals surface area contributed by atoms with Crippen molar-refractivity contribution in [2.75, 3.05) is 17.1 Å². The summed E-state index contributed by atoms with van der Waals surface area (Å²) in [5.74, 6) is -0.326. The summed E-state index contributed by atoms with van der Waals surface area (Å²) in [6.07, 6.45) is 2.71. The molecule has 1 N–H and O–H groups in total. The van der Waals surface area contributed by atoms with Gasteiger partial charge in [0.1, 0.15) is 6.54 Å². The van der Waals surface area contributed by atoms with Gasteiger partial charge in [-0.05, 0) is 43.0 Å². The number of benzene rings is 2. The van der Waals surface area contributed by atoms with Gasteiger partial charge in [-0.2, -0.15) is 0 Å². The second-order valence-corrected chi connectivity index (χ2v) is 8.64. The molecule has 0 bridgehead atoms. The molecule has 0 saturated carbocycles. The van der Waals surface area contributed by atoms with E-state index in [-0.39, 0.29) is 18.5 Å². The molecule has 5 nitrogen and oxygen atoms in total. The van der Waals surface area contributed by atoms with Gasteiger partial charge in [0.2, 0.25) is 15.9 Å². The van der Waals surface area contributed by atoms with Crippen molar-refractivity contribution in [1.82, 2.24) is 5.32 Å². The van der Waals surface area contributed by atoms with Crippen LogP contribution in [0.15, 0.2) is 48.5 Å². The van der Waals surface area contributed by atoms with Gasteiger partial charge < -0.3 is 5.32 Å². The van der Waals surface area contributed by atoms with Crippen molar-refractivity contribution < 1.29 is 13.2 Å². The number of hydrogen-bond acceptors (Lipinski definition) is 3. The molecule has 2 aromatic rings. The molecule has 0 heterocycles. The Morgan fingerprint density at radius 3 is 2.11 bits per heavy atom. The Bertz CT molecular complexity index is 859. The van der Waals surface area contributed by atoms with Gasteiger partial charge >= 0.3 is 0 Å². The first-order valence-electron chi connectivity index (χ1n) is 9.17. The molecule has 0 unspecified atom stereocenters. The fourth-order valence-corrected chi connectivity index (χ4v) is 3.74. The van der Waals surface area contributed by atoms with Gasteiger partial charge in [-0.1, -0.05) is 55.8 Å². The monoisotopic (exact) mass is 388 g/mol. The minimum atomic E-state index is -3.57. The molecule has 0 aliphatic carbocycles. The Morgan fingerprint density at radius 1 is 1.04 bits per heavy atom. The number of nitrogens with zero attached hydrogens (tertiary/aromatic N) is 1. The molecule has 0 saturated heterocycles. The maximum Gasteiger partial charge on any atom is 0.241 e. The highest BCUT2D eigenvalue weighted by Crippen LogP contribution is 2.20. The van der Waals surface area contributed by atoms with Crippen LogP contribution in [0.3, 0.4) is 0 Å². The highest BCUT2D eigenvalue weighted by molar-refractivity contribution is 7.92. The zero-order valence-corrected chi connectivity index (χ0v) is 17.2. The van der Waals surface area contributed by atoms with Gasteiger partial charge in [0, 0.05) is 0 Å². The molecule has 2 aromatic carbocycles. The lowest BCUT2D eigenvalue weighted by Crippen LogP contribution is -2.41. The van der Waals surface area contributed by atoms with Gasteiger partial charge in [0.05, 0.1) is 18.0 Å². The number of rotatable bonds is 8. The number of nitrogens with one attached hydrogen (secondary N) is 1. The van der Waals surface area contributed by atoms with Crippen LogP contribution in [0.25, 0.3) is 0 Å². The van der Waals surface area contributed by atoms with Crippen LogP contribution in [-0.4, -0.2) is 27.1 Å². The highest BCUT2D eigenvalue weighted by Gasteiger charge is 2.22. The predicted molar refractivity (Wildman–Crippen MR) is 110 cm³/mol. The van der Waals surface area contributed by atoms with E-state index in [2.05, 4.69) is 5.32 Å². The topological polar surface area (TPSA) is 66.5 Å². The van der Waals surface area contributed by atoms with Gasteiger partial charge in [-0.3, -0.25) is 9.10 Å². The number of carbonyl (C=O) groups excluding carboxylic acids is 1. The second-order valence-electron chi connectivity index (χ2n) is 6.73. The van der Waals surface area contributed by atoms with E-state index in [4.69, 9.17) is 0 Å². The lowest BCUT2D eigenvalue weighted by atomic mass is 10.0. The maximum atomic E-state index is 12.6. The number of sulfonamides is 1. The van der Waals surface area contributed by atoms with E-state index in [0.717, 1.165) is 40.1 Å². The summed E-state index contributed by atoms with van der Waals surface area (Å²) in [5.41, 5.74) is 3.77. The summed E-state index contributed by atoms with van der Waals surface area (Å²) < 4.78 is 25.6. The predicted octanol–water partition coefficient (Wildman–Crippen LogP) is 3.59. The number of anilines is 1. The van der Waals surface area contributed by atoms with Crippen molar-refractivity contribution >= 4 is 21.6 Å². The summed E-state index contributed by atoms with van der Waals surface area (Å²) in [4.78, 5) is 12.6. The fourth-order valence-electron chi connectivity index (χ4n) is 2.89. The normalized spacial score (nSPS) is 12.4. The molecule has 0 aliphatic heterocycles. The van der Waals surface area contributed by atoms with Crippen LogP contribution in [0.4, 0.5) is 5.69 Å². The zero-order valence-electron chi connectivity index (χ0n) is 16.4. The van der Waals surface area contributed by atoms with E-state index in [9.17, 15) is 13.2 Å². The summed E-state index contributed by atoms with van der Waals surface area (Å²) in [6, 6.07) is 15.1. The number of amides is 1. The summed E-state index contributed by atoms with van der Waals surface area (Å²) in [7, 11) is -3.57. The van der Waals surface area contributed by atoms with Crippen molar-refractivity contribution in [3.8, 4) is 0 Å². The Morgan fingerprint density at radius 2 is 1.63 bits per heavy atom. The third kappa shape index (κ3) is 5.82. The quantitative estimate of drug-likeness (QED) is 0.751. The van der Waals surface area contributed by atoms with Crippen molar-refractivity contribution in [2.45, 2.75) is 39.7 Å². The molecular weight excluding hydrogens is 360 g/mol. The average molecular weight is 389 g/mol. The molecule has 6 heteroatoms. The van der Waals surface area contributed by atoms with E-state index < -0.39 is 10.0 Å². The molecule has 1 amide bonds. The Balaban J connectivity index is 2.16. The van der Waals surface area contributed by atoms with E-state index in [1.165, 1.54) is 0 Å². The smallest absolute Gasteiger partial charge is 0.241 e. The Hall–Kier alpha value is -2.34. The van der Waals surface area contributed by atoms with Crippen LogP contribution in [0.5, 0.6) is 0 Å². The summed E-state index contributed by atoms with van der Waals surface area (Å²) in [5, 5.41) is 2.95. The van der Waals surface area contributed by atoms with Crippen LogP contribution >= 0.6 is 0 Å². The first-order valence-corrected chi connectivity index (χ1v) is 11.0. The molecule has 0 radical (unpaired) electrons. The third-order valence-corrected chi connectivity index (χ3v) is 5.68. The van der Waals surface area contributed by atoms with Crippen molar-refractivity contribution in [3.05, 3.63) is 65.2 Å². The van der Waals surface area contributed by atoms with Crippen LogP contribution in [0.2, 0.25) is 0 Å². The number of carbonyl (C=O) groups is 1. The molecule has 27 heavy (non-hydrogen) atoms. The van der Waals surface area contributed by atoms with Crippen LogP contribution < -0.4 is 9.62 Å². The lowest BCUT2D eigenvalue weighted by molar-refractivity contribution is -0.120. The standard InChI is InChI=1S/C21H28N2O3S/c1-5-17-9-13-19(14-10-17)23(27(4,25)26)15-21(24)22-20(6-2)18-11-7-16(3)8-12-18/h7-14,20H,5-6,15H2,1-4H3,(H,22,24)/t20-/m0/s1. The molecule has 0 fully saturated rings. The van der Waals surface area contributed by atoms with E-state index in [0.29, 0.717) is 5.69 Å². The first-order chi connectivity index (χ1) is 12.7. The van der Waals surface area contributed by atoms with Crippen molar-refractivity contribution in [2.24, 2.45) is 0 Å². The third-order valence-electron chi connectivity index (χ3n) is 4.54. The van der Waals surface area contributed by atoms with E-state index in [1.807, 2.05) is 57.2 Å². The zero-order chi connectivity index (χ0) is 20.0. The second kappa shape index (κ2) is 9.04. The average Bonchev–Trinajstić information content (AvgIpc) is 2.64. The van der Waals surface area contributed by atoms with Crippen molar-refractivity contribution in [3.63, 3.8) is 0 Å². The van der Waals surface area contributed by atoms with Gasteiger partial charge in [0.25, 0.3) is 0 Å². The van der Waals surface area contributed by atoms with E-state index >= 15 is 0 Å². The fraction of sp³-hybridized carbons (Fsp3) is 0.381. The lowest BCUT2D eigenvalue weighted by Gasteiger charge is -2.24. The molecule has 1 atom stereocenters. The molecule has 0 aliphatic rings. The van der Waals surface area contributed by atoms with Crippen LogP contribution in [-0.2, 0) is 21.2 Å².